The van der Waals surface area contributed by atoms with Crippen molar-refractivity contribution < 1.29 is 65.2 Å². The molecule has 0 heterocycles. The minimum Gasteiger partial charge on any atom is -1.00 e. The van der Waals surface area contributed by atoms with E-state index in [9.17, 15) is 0 Å². The van der Waals surface area contributed by atoms with Crippen LogP contribution in [0.2, 0.25) is 10.0 Å². The van der Waals surface area contributed by atoms with Gasteiger partial charge in [0.15, 0.2) is 0 Å². The van der Waals surface area contributed by atoms with E-state index in [0.717, 1.165) is 0 Å². The quantitative estimate of drug-likeness (QED) is 0.501. The SMILES string of the molecule is C1=CC[C]([Zr+2][C]2=CC=CC2)=C1.C[CH2][Zn][CH2]C.[Cl-].[Cl-]. The first-order chi connectivity index (χ1) is 7.86. The summed E-state index contributed by atoms with van der Waals surface area (Å²) >= 11 is -0.214. The molecule has 0 saturated heterocycles. The fourth-order valence-electron chi connectivity index (χ4n) is 1.64. The van der Waals surface area contributed by atoms with Crippen molar-refractivity contribution in [2.75, 3.05) is 0 Å². The van der Waals surface area contributed by atoms with E-state index in [1.165, 1.54) is 22.9 Å². The van der Waals surface area contributed by atoms with Gasteiger partial charge in [-0.25, -0.2) is 0 Å². The summed E-state index contributed by atoms with van der Waals surface area (Å²) in [6.45, 7) is 4.59. The van der Waals surface area contributed by atoms with Gasteiger partial charge in [-0.2, -0.15) is 0 Å². The standard InChI is InChI=1S/2C5H5.2C2H5.2ClH.Zn.Zr/c2*1-2-4-5-3-1;2*1-2;;;;/h2*1-3H,4H2;2*1H2,2H3;2*1H;;/q;;;;;;;+2/p-2. The first-order valence-corrected chi connectivity index (χ1v) is 13.0. The molecule has 0 bridgehead atoms. The minimum absolute atomic E-state index is 0. The van der Waals surface area contributed by atoms with E-state index in [0.29, 0.717) is 0 Å². The third kappa shape index (κ3) is 9.91. The molecule has 0 N–H and O–H groups in total. The first kappa shape index (κ1) is 21.3. The second-order valence-corrected chi connectivity index (χ2v) is 13.6. The summed E-state index contributed by atoms with van der Waals surface area (Å²) in [4.78, 5) is 0. The van der Waals surface area contributed by atoms with Crippen molar-refractivity contribution in [1.82, 2.24) is 0 Å². The molecule has 0 radical (unpaired) electrons. The zero-order valence-electron chi connectivity index (χ0n) is 11.3. The Morgan fingerprint density at radius 2 is 1.39 bits per heavy atom. The van der Waals surface area contributed by atoms with E-state index in [1.54, 1.807) is 6.56 Å². The summed E-state index contributed by atoms with van der Waals surface area (Å²) < 4.78 is 3.45. The molecule has 0 aromatic heterocycles. The Bertz CT molecular complexity index is 290. The molecular weight excluding hydrogens is 396 g/mol. The molecule has 4 heteroatoms. The maximum atomic E-state index is 2.31. The summed E-state index contributed by atoms with van der Waals surface area (Å²) in [5.74, 6) is 0. The fraction of sp³-hybridized carbons (Fsp3) is 0.429. The second kappa shape index (κ2) is 14.5. The molecule has 0 amide bonds. The van der Waals surface area contributed by atoms with Crippen molar-refractivity contribution in [2.24, 2.45) is 0 Å². The molecule has 0 aliphatic heterocycles. The Morgan fingerprint density at radius 3 is 1.61 bits per heavy atom. The van der Waals surface area contributed by atoms with Crippen molar-refractivity contribution in [1.29, 1.82) is 0 Å². The Hall–Kier alpha value is 1.05. The molecule has 0 aromatic carbocycles. The average Bonchev–Trinajstić information content (AvgIpc) is 2.94. The Balaban J connectivity index is 0. The third-order valence-electron chi connectivity index (χ3n) is 2.57. The fourth-order valence-corrected chi connectivity index (χ4v) is 6.10. The van der Waals surface area contributed by atoms with Gasteiger partial charge >= 0.3 is 120 Å². The monoisotopic (exact) mass is 412 g/mol. The van der Waals surface area contributed by atoms with Crippen molar-refractivity contribution >= 4 is 0 Å². The average molecular weight is 416 g/mol. The molecular formula is C14H20Cl2ZnZr. The van der Waals surface area contributed by atoms with Crippen molar-refractivity contribution in [2.45, 2.75) is 36.7 Å². The van der Waals surface area contributed by atoms with Gasteiger partial charge in [0.2, 0.25) is 0 Å². The smallest absolute Gasteiger partial charge is 1.00 e. The van der Waals surface area contributed by atoms with Crippen LogP contribution in [-0.4, -0.2) is 0 Å². The van der Waals surface area contributed by atoms with Crippen LogP contribution in [-0.2, 0) is 40.4 Å². The van der Waals surface area contributed by atoms with Gasteiger partial charge < -0.3 is 24.8 Å². The van der Waals surface area contributed by atoms with Crippen molar-refractivity contribution in [3.63, 3.8) is 0 Å². The molecule has 0 spiro atoms. The van der Waals surface area contributed by atoms with Crippen LogP contribution in [0.15, 0.2) is 43.0 Å². The maximum absolute atomic E-state index is 2.31. The predicted octanol–water partition coefficient (Wildman–Crippen LogP) is -1.29. The summed E-state index contributed by atoms with van der Waals surface area (Å²) in [5, 5.41) is 3.06. The van der Waals surface area contributed by atoms with E-state index >= 15 is 0 Å². The van der Waals surface area contributed by atoms with Crippen LogP contribution >= 0.6 is 0 Å². The molecule has 0 atom stereocenters. The molecule has 2 aliphatic rings. The molecule has 0 unspecified atom stereocenters. The van der Waals surface area contributed by atoms with E-state index in [2.05, 4.69) is 50.3 Å². The van der Waals surface area contributed by atoms with Crippen LogP contribution in [0.3, 0.4) is 0 Å². The van der Waals surface area contributed by atoms with E-state index in [-0.39, 0.29) is 65.2 Å². The largest absolute Gasteiger partial charge is 1.00 e. The van der Waals surface area contributed by atoms with Gasteiger partial charge in [-0.15, -0.1) is 0 Å². The van der Waals surface area contributed by atoms with Gasteiger partial charge in [0.05, 0.1) is 0 Å². The Kier molecular flexibility index (Phi) is 17.1. The number of rotatable bonds is 4. The van der Waals surface area contributed by atoms with Gasteiger partial charge in [-0.1, -0.05) is 0 Å². The minimum atomic E-state index is -0.312. The third-order valence-corrected chi connectivity index (χ3v) is 8.94. The van der Waals surface area contributed by atoms with Crippen molar-refractivity contribution in [3.8, 4) is 0 Å². The summed E-state index contributed by atoms with van der Waals surface area (Å²) in [7, 11) is 0. The molecule has 96 valence electrons. The van der Waals surface area contributed by atoms with Gasteiger partial charge in [0.25, 0.3) is 0 Å². The van der Waals surface area contributed by atoms with Crippen LogP contribution in [0.1, 0.15) is 26.7 Å². The first-order valence-electron chi connectivity index (χ1n) is 6.35. The summed E-state index contributed by atoms with van der Waals surface area (Å²) in [5.41, 5.74) is 0. The predicted molar refractivity (Wildman–Crippen MR) is 64.6 cm³/mol. The number of allylic oxidation sites excluding steroid dienone is 8. The van der Waals surface area contributed by atoms with Crippen LogP contribution in [0.5, 0.6) is 0 Å². The molecule has 0 fully saturated rings. The van der Waals surface area contributed by atoms with Crippen LogP contribution in [0, 0.1) is 0 Å². The van der Waals surface area contributed by atoms with E-state index in [1.807, 2.05) is 0 Å². The van der Waals surface area contributed by atoms with Gasteiger partial charge in [-0.3, -0.25) is 0 Å². The van der Waals surface area contributed by atoms with E-state index in [4.69, 9.17) is 0 Å². The molecule has 18 heavy (non-hydrogen) atoms. The zero-order chi connectivity index (χ0) is 11.6. The molecule has 2 rings (SSSR count). The molecule has 0 nitrogen and oxygen atoms in total. The Morgan fingerprint density at radius 1 is 0.944 bits per heavy atom. The van der Waals surface area contributed by atoms with Crippen LogP contribution in [0.4, 0.5) is 0 Å². The molecule has 0 saturated carbocycles. The van der Waals surface area contributed by atoms with E-state index < -0.39 is 0 Å². The van der Waals surface area contributed by atoms with Gasteiger partial charge in [0, 0.05) is 0 Å². The van der Waals surface area contributed by atoms with Crippen LogP contribution < -0.4 is 24.8 Å². The zero-order valence-corrected chi connectivity index (χ0v) is 18.2. The summed E-state index contributed by atoms with van der Waals surface area (Å²) in [6.07, 6.45) is 16.0. The second-order valence-electron chi connectivity index (χ2n) is 4.13. The topological polar surface area (TPSA) is 0 Å². The molecule has 0 aromatic rings. The number of hydrogen-bond donors (Lipinski definition) is 0. The Labute approximate surface area is 143 Å². The van der Waals surface area contributed by atoms with Crippen molar-refractivity contribution in [3.05, 3.63) is 43.0 Å². The summed E-state index contributed by atoms with van der Waals surface area (Å²) in [6, 6.07) is 0. The maximum Gasteiger partial charge on any atom is -1.00 e. The normalized spacial score (nSPS) is 14.1. The number of halogens is 2. The number of hydrogen-bond acceptors (Lipinski definition) is 0. The van der Waals surface area contributed by atoms with Gasteiger partial charge in [0.1, 0.15) is 0 Å². The van der Waals surface area contributed by atoms with Gasteiger partial charge in [-0.05, 0) is 0 Å². The molecule has 2 aliphatic carbocycles. The van der Waals surface area contributed by atoms with Crippen LogP contribution in [0.25, 0.3) is 0 Å².